The summed E-state index contributed by atoms with van der Waals surface area (Å²) >= 11 is 0. The molecular formula is C53H37N3. The van der Waals surface area contributed by atoms with Crippen molar-refractivity contribution in [3.63, 3.8) is 0 Å². The van der Waals surface area contributed by atoms with Crippen LogP contribution in [-0.2, 0) is 0 Å². The zero-order chi connectivity index (χ0) is 37.3. The fourth-order valence-electron chi connectivity index (χ4n) is 8.08. The fraction of sp³-hybridized carbons (Fsp3) is 0.0189. The molecule has 0 radical (unpaired) electrons. The molecule has 1 aliphatic rings. The normalized spacial score (nSPS) is 13.9. The molecule has 0 spiro atoms. The lowest BCUT2D eigenvalue weighted by Gasteiger charge is -2.25. The molecule has 2 heterocycles. The lowest BCUT2D eigenvalue weighted by molar-refractivity contribution is 0.781. The van der Waals surface area contributed by atoms with Gasteiger partial charge in [0.1, 0.15) is 5.84 Å². The lowest BCUT2D eigenvalue weighted by atomic mass is 9.85. The Hall–Kier alpha value is -7.36. The van der Waals surface area contributed by atoms with Crippen LogP contribution in [0.15, 0.2) is 218 Å². The smallest absolute Gasteiger partial charge is 0.134 e. The second-order valence-electron chi connectivity index (χ2n) is 14.2. The molecule has 8 aromatic carbocycles. The van der Waals surface area contributed by atoms with Gasteiger partial charge in [-0.2, -0.15) is 0 Å². The first-order chi connectivity index (χ1) is 27.8. The molecule has 0 bridgehead atoms. The van der Waals surface area contributed by atoms with E-state index in [2.05, 4.69) is 204 Å². The standard InChI is InChI=1S/C53H37N3/c1-3-13-36(14-4-1)37-24-28-39(29-25-37)49-34-50(40-30-26-38(27-31-40)44-19-12-32-54-35-44)56-53(55-49)43-18-11-17-42(33-43)52-47-22-9-7-20-45(47)51(41-15-5-2-6-16-41)46-21-8-10-23-48(46)52/h1-35,49H,(H,55,56). The summed E-state index contributed by atoms with van der Waals surface area (Å²) < 4.78 is 0. The van der Waals surface area contributed by atoms with Gasteiger partial charge in [0.05, 0.1) is 11.7 Å². The number of pyridine rings is 1. The third-order valence-electron chi connectivity index (χ3n) is 10.8. The Morgan fingerprint density at radius 2 is 0.857 bits per heavy atom. The summed E-state index contributed by atoms with van der Waals surface area (Å²) in [7, 11) is 0. The number of nitrogens with zero attached hydrogens (tertiary/aromatic N) is 2. The highest BCUT2D eigenvalue weighted by Crippen LogP contribution is 2.44. The van der Waals surface area contributed by atoms with Crippen LogP contribution in [0.25, 0.3) is 71.7 Å². The number of benzene rings is 8. The zero-order valence-electron chi connectivity index (χ0n) is 30.7. The number of rotatable bonds is 7. The Morgan fingerprint density at radius 1 is 0.375 bits per heavy atom. The monoisotopic (exact) mass is 715 g/mol. The van der Waals surface area contributed by atoms with Gasteiger partial charge in [-0.3, -0.25) is 4.98 Å². The Balaban J connectivity index is 1.09. The first kappa shape index (κ1) is 33.2. The number of nitrogens with one attached hydrogen (secondary N) is 1. The van der Waals surface area contributed by atoms with Crippen LogP contribution < -0.4 is 5.32 Å². The SMILES string of the molecule is C1=C(c2ccc(-c3cccnc3)cc2)N=C(c2cccc(-c3c4ccccc4c(-c4ccccc4)c4ccccc34)c2)NC1c1ccc(-c2ccccc2)cc1. The number of aliphatic imine (C=N–C) groups is 1. The first-order valence-corrected chi connectivity index (χ1v) is 19.1. The van der Waals surface area contributed by atoms with Gasteiger partial charge in [-0.15, -0.1) is 0 Å². The second kappa shape index (κ2) is 14.5. The highest BCUT2D eigenvalue weighted by Gasteiger charge is 2.22. The predicted molar refractivity (Wildman–Crippen MR) is 234 cm³/mol. The molecule has 3 nitrogen and oxygen atoms in total. The molecular weight excluding hydrogens is 679 g/mol. The van der Waals surface area contributed by atoms with Gasteiger partial charge >= 0.3 is 0 Å². The average Bonchev–Trinajstić information content (AvgIpc) is 3.29. The van der Waals surface area contributed by atoms with Gasteiger partial charge in [0.15, 0.2) is 0 Å². The van der Waals surface area contributed by atoms with E-state index in [0.717, 1.165) is 39.3 Å². The van der Waals surface area contributed by atoms with Crippen LogP contribution in [0.1, 0.15) is 22.7 Å². The van der Waals surface area contributed by atoms with E-state index in [1.54, 1.807) is 6.20 Å². The Bertz CT molecular complexity index is 2840. The molecule has 264 valence electrons. The van der Waals surface area contributed by atoms with Gasteiger partial charge in [0.25, 0.3) is 0 Å². The van der Waals surface area contributed by atoms with E-state index in [0.29, 0.717) is 0 Å². The van der Waals surface area contributed by atoms with Crippen molar-refractivity contribution in [2.75, 3.05) is 0 Å². The van der Waals surface area contributed by atoms with Gasteiger partial charge in [0, 0.05) is 18.0 Å². The predicted octanol–water partition coefficient (Wildman–Crippen LogP) is 13.2. The number of aromatic nitrogens is 1. The van der Waals surface area contributed by atoms with Crippen molar-refractivity contribution >= 4 is 33.1 Å². The topological polar surface area (TPSA) is 37.3 Å². The maximum atomic E-state index is 5.33. The van der Waals surface area contributed by atoms with Gasteiger partial charge in [-0.05, 0) is 95.4 Å². The van der Waals surface area contributed by atoms with Gasteiger partial charge in [0.2, 0.25) is 0 Å². The molecule has 0 saturated heterocycles. The summed E-state index contributed by atoms with van der Waals surface area (Å²) in [5.41, 5.74) is 13.7. The number of hydrogen-bond donors (Lipinski definition) is 1. The molecule has 9 aromatic rings. The Labute approximate surface area is 327 Å². The molecule has 0 saturated carbocycles. The summed E-state index contributed by atoms with van der Waals surface area (Å²) in [6, 6.07) is 69.3. The summed E-state index contributed by atoms with van der Waals surface area (Å²) in [6.07, 6.45) is 5.95. The summed E-state index contributed by atoms with van der Waals surface area (Å²) in [5.74, 6) is 0.840. The molecule has 1 atom stereocenters. The largest absolute Gasteiger partial charge is 0.359 e. The van der Waals surface area contributed by atoms with Crippen molar-refractivity contribution in [1.29, 1.82) is 0 Å². The van der Waals surface area contributed by atoms with Crippen molar-refractivity contribution in [2.24, 2.45) is 4.99 Å². The Morgan fingerprint density at radius 3 is 1.48 bits per heavy atom. The molecule has 10 rings (SSSR count). The molecule has 1 aromatic heterocycles. The van der Waals surface area contributed by atoms with E-state index in [1.165, 1.54) is 54.9 Å². The average molecular weight is 716 g/mol. The summed E-state index contributed by atoms with van der Waals surface area (Å²) in [5, 5.41) is 8.77. The van der Waals surface area contributed by atoms with Crippen molar-refractivity contribution in [3.05, 3.63) is 229 Å². The van der Waals surface area contributed by atoms with E-state index in [-0.39, 0.29) is 6.04 Å². The van der Waals surface area contributed by atoms with E-state index >= 15 is 0 Å². The van der Waals surface area contributed by atoms with Gasteiger partial charge in [-0.1, -0.05) is 182 Å². The zero-order valence-corrected chi connectivity index (χ0v) is 30.7. The molecule has 1 aliphatic heterocycles. The van der Waals surface area contributed by atoms with Crippen LogP contribution in [0.5, 0.6) is 0 Å². The van der Waals surface area contributed by atoms with E-state index < -0.39 is 0 Å². The molecule has 56 heavy (non-hydrogen) atoms. The maximum absolute atomic E-state index is 5.33. The minimum Gasteiger partial charge on any atom is -0.359 e. The van der Waals surface area contributed by atoms with Gasteiger partial charge < -0.3 is 5.32 Å². The lowest BCUT2D eigenvalue weighted by Crippen LogP contribution is -2.31. The van der Waals surface area contributed by atoms with Crippen LogP contribution >= 0.6 is 0 Å². The molecule has 0 amide bonds. The quantitative estimate of drug-likeness (QED) is 0.167. The fourth-order valence-corrected chi connectivity index (χ4v) is 8.08. The third-order valence-corrected chi connectivity index (χ3v) is 10.8. The minimum absolute atomic E-state index is 0.0872. The molecule has 1 unspecified atom stereocenters. The molecule has 0 fully saturated rings. The molecule has 1 N–H and O–H groups in total. The third kappa shape index (κ3) is 6.25. The number of fused-ring (bicyclic) bond motifs is 2. The second-order valence-corrected chi connectivity index (χ2v) is 14.2. The van der Waals surface area contributed by atoms with Crippen molar-refractivity contribution in [3.8, 4) is 44.5 Å². The summed E-state index contributed by atoms with van der Waals surface area (Å²) in [6.45, 7) is 0. The van der Waals surface area contributed by atoms with E-state index in [4.69, 9.17) is 4.99 Å². The van der Waals surface area contributed by atoms with Gasteiger partial charge in [-0.25, -0.2) is 4.99 Å². The molecule has 3 heteroatoms. The van der Waals surface area contributed by atoms with Crippen LogP contribution in [0.2, 0.25) is 0 Å². The minimum atomic E-state index is -0.0872. The highest BCUT2D eigenvalue weighted by molar-refractivity contribution is 6.21. The summed E-state index contributed by atoms with van der Waals surface area (Å²) in [4.78, 5) is 9.66. The number of amidine groups is 1. The van der Waals surface area contributed by atoms with Crippen molar-refractivity contribution < 1.29 is 0 Å². The number of hydrogen-bond acceptors (Lipinski definition) is 3. The Kier molecular flexibility index (Phi) is 8.58. The maximum Gasteiger partial charge on any atom is 0.134 e. The highest BCUT2D eigenvalue weighted by atomic mass is 15.0. The van der Waals surface area contributed by atoms with E-state index in [9.17, 15) is 0 Å². The van der Waals surface area contributed by atoms with E-state index in [1.807, 2.05) is 12.3 Å². The first-order valence-electron chi connectivity index (χ1n) is 19.1. The van der Waals surface area contributed by atoms with Crippen LogP contribution in [-0.4, -0.2) is 10.8 Å². The molecule has 0 aliphatic carbocycles. The van der Waals surface area contributed by atoms with Crippen LogP contribution in [0.4, 0.5) is 0 Å². The van der Waals surface area contributed by atoms with Crippen molar-refractivity contribution in [2.45, 2.75) is 6.04 Å². The van der Waals surface area contributed by atoms with Crippen LogP contribution in [0.3, 0.4) is 0 Å². The van der Waals surface area contributed by atoms with Crippen molar-refractivity contribution in [1.82, 2.24) is 10.3 Å². The van der Waals surface area contributed by atoms with Crippen LogP contribution in [0, 0.1) is 0 Å².